The molecule has 0 N–H and O–H groups in total. The molecule has 0 unspecified atom stereocenters. The van der Waals surface area contributed by atoms with Crippen LogP contribution in [0.2, 0.25) is 0 Å². The molecule has 0 bridgehead atoms. The summed E-state index contributed by atoms with van der Waals surface area (Å²) in [6.07, 6.45) is 0.712. The summed E-state index contributed by atoms with van der Waals surface area (Å²) < 4.78 is 0. The van der Waals surface area contributed by atoms with Crippen molar-refractivity contribution in [3.63, 3.8) is 0 Å². The number of hydrogen-bond donors (Lipinski definition) is 0. The topological polar surface area (TPSA) is 23.6 Å². The maximum absolute atomic E-state index is 10.7. The van der Waals surface area contributed by atoms with E-state index in [1.54, 1.807) is 6.92 Å². The Balaban J connectivity index is -0.000000328. The third-order valence-corrected chi connectivity index (χ3v) is 2.38. The van der Waals surface area contributed by atoms with Crippen LogP contribution in [0, 0.1) is 0 Å². The van der Waals surface area contributed by atoms with Gasteiger partial charge in [0.15, 0.2) is 0 Å². The van der Waals surface area contributed by atoms with Gasteiger partial charge in [0.25, 0.3) is 0 Å². The van der Waals surface area contributed by atoms with E-state index in [0.717, 1.165) is 32.7 Å². The van der Waals surface area contributed by atoms with Crippen LogP contribution in [0.5, 0.6) is 0 Å². The first kappa shape index (κ1) is 22.7. The minimum Gasteiger partial charge on any atom is -0.304 e. The normalized spacial score (nSPS) is 15.1. The molecule has 0 aromatic carbocycles. The molecule has 0 spiro atoms. The van der Waals surface area contributed by atoms with Crippen LogP contribution in [-0.2, 0) is 4.79 Å². The Morgan fingerprint density at radius 2 is 1.28 bits per heavy atom. The summed E-state index contributed by atoms with van der Waals surface area (Å²) in [5, 5.41) is 0. The lowest BCUT2D eigenvalue weighted by Gasteiger charge is -2.31. The maximum Gasteiger partial charge on any atom is 0.131 e. The fourth-order valence-corrected chi connectivity index (χ4v) is 1.39. The SMILES string of the molecule is CC.CC.CC.CC(=O)CCN1CCN(C)CC1. The van der Waals surface area contributed by atoms with Crippen LogP contribution in [0.1, 0.15) is 54.9 Å². The molecule has 1 aliphatic rings. The van der Waals surface area contributed by atoms with Crippen molar-refractivity contribution in [2.24, 2.45) is 0 Å². The van der Waals surface area contributed by atoms with Crippen LogP contribution in [0.15, 0.2) is 0 Å². The van der Waals surface area contributed by atoms with Crippen LogP contribution in [0.3, 0.4) is 0 Å². The summed E-state index contributed by atoms with van der Waals surface area (Å²) in [5.74, 6) is 0.300. The number of piperazine rings is 1. The standard InChI is InChI=1S/C9H18N2O.3C2H6/c1-9(12)3-4-11-7-5-10(2)6-8-11;3*1-2/h3-8H2,1-2H3;3*1-2H3. The quantitative estimate of drug-likeness (QED) is 0.778. The summed E-state index contributed by atoms with van der Waals surface area (Å²) >= 11 is 0. The molecule has 0 radical (unpaired) electrons. The molecule has 112 valence electrons. The second kappa shape index (κ2) is 18.9. The van der Waals surface area contributed by atoms with Gasteiger partial charge in [-0.25, -0.2) is 0 Å². The molecular weight excluding hydrogens is 224 g/mol. The van der Waals surface area contributed by atoms with Gasteiger partial charge in [-0.1, -0.05) is 41.5 Å². The molecule has 0 aromatic heterocycles. The van der Waals surface area contributed by atoms with Gasteiger partial charge in [0, 0.05) is 39.1 Å². The number of ketones is 1. The van der Waals surface area contributed by atoms with Gasteiger partial charge in [0.1, 0.15) is 5.78 Å². The van der Waals surface area contributed by atoms with Crippen molar-refractivity contribution in [1.29, 1.82) is 0 Å². The molecule has 1 heterocycles. The van der Waals surface area contributed by atoms with E-state index < -0.39 is 0 Å². The van der Waals surface area contributed by atoms with E-state index in [1.165, 1.54) is 0 Å². The molecule has 0 saturated carbocycles. The highest BCUT2D eigenvalue weighted by Gasteiger charge is 2.13. The average molecular weight is 260 g/mol. The Bertz CT molecular complexity index is 153. The largest absolute Gasteiger partial charge is 0.304 e. The van der Waals surface area contributed by atoms with Gasteiger partial charge in [0.2, 0.25) is 0 Å². The van der Waals surface area contributed by atoms with E-state index in [9.17, 15) is 4.79 Å². The van der Waals surface area contributed by atoms with Gasteiger partial charge < -0.3 is 9.80 Å². The smallest absolute Gasteiger partial charge is 0.131 e. The number of hydrogen-bond acceptors (Lipinski definition) is 3. The Morgan fingerprint density at radius 3 is 1.61 bits per heavy atom. The third-order valence-electron chi connectivity index (χ3n) is 2.38. The van der Waals surface area contributed by atoms with Crippen LogP contribution >= 0.6 is 0 Å². The zero-order valence-electron chi connectivity index (χ0n) is 14.0. The number of Topliss-reactive ketones (excluding diaryl/α,β-unsaturated/α-hetero) is 1. The van der Waals surface area contributed by atoms with Crippen LogP contribution in [0.25, 0.3) is 0 Å². The van der Waals surface area contributed by atoms with Crippen molar-refractivity contribution < 1.29 is 4.79 Å². The second-order valence-electron chi connectivity index (χ2n) is 3.60. The van der Waals surface area contributed by atoms with Crippen LogP contribution < -0.4 is 0 Å². The van der Waals surface area contributed by atoms with E-state index in [4.69, 9.17) is 0 Å². The first-order chi connectivity index (χ1) is 8.68. The number of carbonyl (C=O) groups is 1. The highest BCUT2D eigenvalue weighted by molar-refractivity contribution is 5.75. The van der Waals surface area contributed by atoms with Crippen molar-refractivity contribution in [2.45, 2.75) is 54.9 Å². The van der Waals surface area contributed by atoms with Crippen molar-refractivity contribution in [1.82, 2.24) is 9.80 Å². The first-order valence-electron chi connectivity index (χ1n) is 7.59. The Morgan fingerprint density at radius 1 is 0.889 bits per heavy atom. The van der Waals surface area contributed by atoms with Gasteiger partial charge in [-0.05, 0) is 14.0 Å². The van der Waals surface area contributed by atoms with E-state index in [0.29, 0.717) is 12.2 Å². The third kappa shape index (κ3) is 15.6. The first-order valence-corrected chi connectivity index (χ1v) is 7.59. The molecule has 0 atom stereocenters. The maximum atomic E-state index is 10.7. The molecule has 18 heavy (non-hydrogen) atoms. The zero-order valence-corrected chi connectivity index (χ0v) is 14.0. The molecule has 1 saturated heterocycles. The molecule has 3 nitrogen and oxygen atoms in total. The molecule has 0 aliphatic carbocycles. The van der Waals surface area contributed by atoms with E-state index in [1.807, 2.05) is 41.5 Å². The summed E-state index contributed by atoms with van der Waals surface area (Å²) in [6.45, 7) is 19.1. The van der Waals surface area contributed by atoms with E-state index in [2.05, 4.69) is 16.8 Å². The highest BCUT2D eigenvalue weighted by Crippen LogP contribution is 1.99. The fraction of sp³-hybridized carbons (Fsp3) is 0.933. The van der Waals surface area contributed by atoms with Crippen molar-refractivity contribution >= 4 is 5.78 Å². The van der Waals surface area contributed by atoms with Gasteiger partial charge in [-0.15, -0.1) is 0 Å². The second-order valence-corrected chi connectivity index (χ2v) is 3.60. The summed E-state index contributed by atoms with van der Waals surface area (Å²) in [4.78, 5) is 15.4. The predicted molar refractivity (Wildman–Crippen MR) is 83.3 cm³/mol. The predicted octanol–water partition coefficient (Wildman–Crippen LogP) is 3.29. The van der Waals surface area contributed by atoms with Gasteiger partial charge in [-0.3, -0.25) is 4.79 Å². The lowest BCUT2D eigenvalue weighted by Crippen LogP contribution is -2.44. The Labute approximate surface area is 116 Å². The summed E-state index contributed by atoms with van der Waals surface area (Å²) in [6, 6.07) is 0. The molecule has 3 heteroatoms. The molecule has 1 rings (SSSR count). The van der Waals surface area contributed by atoms with Crippen LogP contribution in [0.4, 0.5) is 0 Å². The molecular formula is C15H36N2O. The number of rotatable bonds is 3. The molecule has 1 fully saturated rings. The summed E-state index contributed by atoms with van der Waals surface area (Å²) in [7, 11) is 2.14. The van der Waals surface area contributed by atoms with Gasteiger partial charge in [-0.2, -0.15) is 0 Å². The molecule has 1 aliphatic heterocycles. The van der Waals surface area contributed by atoms with E-state index >= 15 is 0 Å². The molecule has 0 aromatic rings. The number of likely N-dealkylation sites (N-methyl/N-ethyl adjacent to an activating group) is 1. The Hall–Kier alpha value is -0.410. The van der Waals surface area contributed by atoms with Gasteiger partial charge >= 0.3 is 0 Å². The summed E-state index contributed by atoms with van der Waals surface area (Å²) in [5.41, 5.74) is 0. The van der Waals surface area contributed by atoms with Crippen molar-refractivity contribution in [3.8, 4) is 0 Å². The minimum atomic E-state index is 0.300. The lowest BCUT2D eigenvalue weighted by molar-refractivity contribution is -0.117. The monoisotopic (exact) mass is 260 g/mol. The fourth-order valence-electron chi connectivity index (χ4n) is 1.39. The van der Waals surface area contributed by atoms with Crippen LogP contribution in [-0.4, -0.2) is 55.4 Å². The van der Waals surface area contributed by atoms with E-state index in [-0.39, 0.29) is 0 Å². The lowest BCUT2D eigenvalue weighted by atomic mass is 10.2. The van der Waals surface area contributed by atoms with Crippen molar-refractivity contribution in [3.05, 3.63) is 0 Å². The van der Waals surface area contributed by atoms with Crippen molar-refractivity contribution in [2.75, 3.05) is 39.8 Å². The minimum absolute atomic E-state index is 0.300. The number of nitrogens with zero attached hydrogens (tertiary/aromatic N) is 2. The zero-order chi connectivity index (χ0) is 15.0. The number of carbonyl (C=O) groups excluding carboxylic acids is 1. The average Bonchev–Trinajstić information content (AvgIpc) is 2.45. The highest BCUT2D eigenvalue weighted by atomic mass is 16.1. The molecule has 0 amide bonds. The van der Waals surface area contributed by atoms with Gasteiger partial charge in [0.05, 0.1) is 0 Å². The Kier molecular flexibility index (Phi) is 23.9.